The molecule has 0 aromatic heterocycles. The number of carbonyl (C=O) groups is 2. The summed E-state index contributed by atoms with van der Waals surface area (Å²) in [6.07, 6.45) is 0.300. The summed E-state index contributed by atoms with van der Waals surface area (Å²) < 4.78 is 15.5. The molecule has 0 spiro atoms. The van der Waals surface area contributed by atoms with Crippen LogP contribution in [0.4, 0.5) is 11.4 Å². The first-order valence-electron chi connectivity index (χ1n) is 8.36. The second-order valence-electron chi connectivity index (χ2n) is 5.59. The van der Waals surface area contributed by atoms with Gasteiger partial charge in [-0.2, -0.15) is 0 Å². The molecule has 0 atom stereocenters. The molecule has 26 heavy (non-hydrogen) atoms. The fourth-order valence-corrected chi connectivity index (χ4v) is 2.45. The maximum atomic E-state index is 12.0. The molecule has 1 aliphatic heterocycles. The van der Waals surface area contributed by atoms with Crippen LogP contribution < -0.4 is 20.1 Å². The highest BCUT2D eigenvalue weighted by atomic mass is 16.7. The maximum absolute atomic E-state index is 12.0. The van der Waals surface area contributed by atoms with E-state index in [-0.39, 0.29) is 18.7 Å². The Kier molecular flexibility index (Phi) is 5.58. The minimum atomic E-state index is -0.377. The molecule has 7 heteroatoms. The summed E-state index contributed by atoms with van der Waals surface area (Å²) in [6, 6.07) is 12.1. The Balaban J connectivity index is 1.44. The number of amides is 1. The summed E-state index contributed by atoms with van der Waals surface area (Å²) in [4.78, 5) is 23.6. The molecule has 0 saturated carbocycles. The van der Waals surface area contributed by atoms with Crippen molar-refractivity contribution in [3.8, 4) is 11.5 Å². The van der Waals surface area contributed by atoms with Gasteiger partial charge in [0, 0.05) is 30.4 Å². The summed E-state index contributed by atoms with van der Waals surface area (Å²) in [5.74, 6) is 0.918. The molecule has 0 aliphatic carbocycles. The summed E-state index contributed by atoms with van der Waals surface area (Å²) >= 11 is 0. The third-order valence-corrected chi connectivity index (χ3v) is 3.73. The lowest BCUT2D eigenvalue weighted by atomic mass is 10.2. The first-order chi connectivity index (χ1) is 12.7. The normalized spacial score (nSPS) is 11.7. The lowest BCUT2D eigenvalue weighted by molar-refractivity contribution is -0.115. The predicted molar refractivity (Wildman–Crippen MR) is 96.7 cm³/mol. The molecular weight excluding hydrogens is 336 g/mol. The predicted octanol–water partition coefficient (Wildman–Crippen LogP) is 3.03. The molecule has 136 valence electrons. The van der Waals surface area contributed by atoms with Crippen LogP contribution >= 0.6 is 0 Å². The molecule has 0 saturated heterocycles. The Morgan fingerprint density at radius 2 is 1.77 bits per heavy atom. The highest BCUT2D eigenvalue weighted by Gasteiger charge is 2.13. The van der Waals surface area contributed by atoms with Crippen LogP contribution in [0.15, 0.2) is 42.5 Å². The molecular formula is C19H20N2O5. The van der Waals surface area contributed by atoms with Crippen LogP contribution in [0.5, 0.6) is 11.5 Å². The summed E-state index contributed by atoms with van der Waals surface area (Å²) in [7, 11) is 0. The van der Waals surface area contributed by atoms with Crippen molar-refractivity contribution in [2.45, 2.75) is 13.3 Å². The Morgan fingerprint density at radius 3 is 2.54 bits per heavy atom. The monoisotopic (exact) mass is 356 g/mol. The SMILES string of the molecule is CCOC(=O)c1ccc(NC(=O)CCNc2ccc3c(c2)OCO3)cc1. The van der Waals surface area contributed by atoms with Crippen LogP contribution in [0.3, 0.4) is 0 Å². The van der Waals surface area contributed by atoms with E-state index in [0.717, 1.165) is 11.4 Å². The first kappa shape index (κ1) is 17.6. The number of esters is 1. The Labute approximate surface area is 151 Å². The van der Waals surface area contributed by atoms with Gasteiger partial charge in [-0.25, -0.2) is 4.79 Å². The number of rotatable bonds is 7. The molecule has 7 nitrogen and oxygen atoms in total. The van der Waals surface area contributed by atoms with Gasteiger partial charge in [-0.15, -0.1) is 0 Å². The third kappa shape index (κ3) is 4.44. The van der Waals surface area contributed by atoms with E-state index in [1.807, 2.05) is 18.2 Å². The molecule has 1 amide bonds. The third-order valence-electron chi connectivity index (χ3n) is 3.73. The van der Waals surface area contributed by atoms with Crippen molar-refractivity contribution in [1.82, 2.24) is 0 Å². The summed E-state index contributed by atoms with van der Waals surface area (Å²) in [6.45, 7) is 2.79. The fraction of sp³-hybridized carbons (Fsp3) is 0.263. The Morgan fingerprint density at radius 1 is 1.04 bits per heavy atom. The van der Waals surface area contributed by atoms with E-state index in [4.69, 9.17) is 14.2 Å². The van der Waals surface area contributed by atoms with Gasteiger partial charge in [0.1, 0.15) is 0 Å². The second kappa shape index (κ2) is 8.24. The number of ether oxygens (including phenoxy) is 3. The van der Waals surface area contributed by atoms with Gasteiger partial charge in [-0.05, 0) is 43.3 Å². The molecule has 0 radical (unpaired) electrons. The van der Waals surface area contributed by atoms with Crippen molar-refractivity contribution < 1.29 is 23.8 Å². The number of hydrogen-bond donors (Lipinski definition) is 2. The molecule has 1 aliphatic rings. The van der Waals surface area contributed by atoms with Crippen molar-refractivity contribution in [3.63, 3.8) is 0 Å². The molecule has 2 aromatic carbocycles. The van der Waals surface area contributed by atoms with Gasteiger partial charge in [0.25, 0.3) is 0 Å². The first-order valence-corrected chi connectivity index (χ1v) is 8.36. The van der Waals surface area contributed by atoms with Crippen molar-refractivity contribution in [1.29, 1.82) is 0 Å². The van der Waals surface area contributed by atoms with E-state index in [1.165, 1.54) is 0 Å². The van der Waals surface area contributed by atoms with E-state index < -0.39 is 0 Å². The van der Waals surface area contributed by atoms with Crippen LogP contribution in [0.1, 0.15) is 23.7 Å². The van der Waals surface area contributed by atoms with E-state index in [1.54, 1.807) is 31.2 Å². The van der Waals surface area contributed by atoms with Crippen LogP contribution in [0.2, 0.25) is 0 Å². The molecule has 2 N–H and O–H groups in total. The minimum Gasteiger partial charge on any atom is -0.462 e. The van der Waals surface area contributed by atoms with Crippen molar-refractivity contribution in [2.24, 2.45) is 0 Å². The lowest BCUT2D eigenvalue weighted by Gasteiger charge is -2.09. The fourth-order valence-electron chi connectivity index (χ4n) is 2.45. The smallest absolute Gasteiger partial charge is 0.338 e. The second-order valence-corrected chi connectivity index (χ2v) is 5.59. The quantitative estimate of drug-likeness (QED) is 0.742. The van der Waals surface area contributed by atoms with Gasteiger partial charge in [0.05, 0.1) is 12.2 Å². The van der Waals surface area contributed by atoms with Crippen molar-refractivity contribution in [2.75, 3.05) is 30.6 Å². The molecule has 2 aromatic rings. The van der Waals surface area contributed by atoms with Crippen LogP contribution in [0.25, 0.3) is 0 Å². The lowest BCUT2D eigenvalue weighted by Crippen LogP contribution is -2.16. The van der Waals surface area contributed by atoms with Crippen LogP contribution in [-0.4, -0.2) is 31.8 Å². The zero-order valence-corrected chi connectivity index (χ0v) is 14.4. The number of carbonyl (C=O) groups excluding carboxylic acids is 2. The van der Waals surface area contributed by atoms with Gasteiger partial charge >= 0.3 is 5.97 Å². The summed E-state index contributed by atoms with van der Waals surface area (Å²) in [5, 5.41) is 5.96. The van der Waals surface area contributed by atoms with E-state index >= 15 is 0 Å². The van der Waals surface area contributed by atoms with Gasteiger partial charge in [0.15, 0.2) is 11.5 Å². The molecule has 1 heterocycles. The van der Waals surface area contributed by atoms with Crippen LogP contribution in [0, 0.1) is 0 Å². The topological polar surface area (TPSA) is 85.9 Å². The zero-order valence-electron chi connectivity index (χ0n) is 14.4. The van der Waals surface area contributed by atoms with Crippen molar-refractivity contribution in [3.05, 3.63) is 48.0 Å². The molecule has 0 fully saturated rings. The molecule has 3 rings (SSSR count). The number of benzene rings is 2. The average molecular weight is 356 g/mol. The number of anilines is 2. The minimum absolute atomic E-state index is 0.123. The Bertz CT molecular complexity index is 789. The number of hydrogen-bond acceptors (Lipinski definition) is 6. The highest BCUT2D eigenvalue weighted by Crippen LogP contribution is 2.34. The van der Waals surface area contributed by atoms with Crippen molar-refractivity contribution >= 4 is 23.3 Å². The molecule has 0 bridgehead atoms. The van der Waals surface area contributed by atoms with Gasteiger partial charge in [-0.3, -0.25) is 4.79 Å². The van der Waals surface area contributed by atoms with E-state index in [0.29, 0.717) is 36.6 Å². The van der Waals surface area contributed by atoms with E-state index in [2.05, 4.69) is 10.6 Å². The average Bonchev–Trinajstić information content (AvgIpc) is 3.10. The molecule has 0 unspecified atom stereocenters. The Hall–Kier alpha value is -3.22. The largest absolute Gasteiger partial charge is 0.462 e. The number of fused-ring (bicyclic) bond motifs is 1. The van der Waals surface area contributed by atoms with Crippen LogP contribution in [-0.2, 0) is 9.53 Å². The number of nitrogens with one attached hydrogen (secondary N) is 2. The standard InChI is InChI=1S/C19H20N2O5/c1-2-24-19(23)13-3-5-14(6-4-13)21-18(22)9-10-20-15-7-8-16-17(11-15)26-12-25-16/h3-8,11,20H,2,9-10,12H2,1H3,(H,21,22). The van der Waals surface area contributed by atoms with E-state index in [9.17, 15) is 9.59 Å². The van der Waals surface area contributed by atoms with Gasteiger partial charge in [0.2, 0.25) is 12.7 Å². The zero-order chi connectivity index (χ0) is 18.4. The van der Waals surface area contributed by atoms with Gasteiger partial charge < -0.3 is 24.8 Å². The highest BCUT2D eigenvalue weighted by molar-refractivity contribution is 5.93. The maximum Gasteiger partial charge on any atom is 0.338 e. The van der Waals surface area contributed by atoms with Gasteiger partial charge in [-0.1, -0.05) is 0 Å². The summed E-state index contributed by atoms with van der Waals surface area (Å²) in [5.41, 5.74) is 1.95.